The third-order valence-corrected chi connectivity index (χ3v) is 6.44. The van der Waals surface area contributed by atoms with Gasteiger partial charge in [0.25, 0.3) is 0 Å². The second kappa shape index (κ2) is 5.63. The van der Waals surface area contributed by atoms with Gasteiger partial charge in [-0.3, -0.25) is 0 Å². The van der Waals surface area contributed by atoms with Crippen LogP contribution in [-0.4, -0.2) is 60.8 Å². The number of nitrogens with zero attached hydrogens (tertiary/aromatic N) is 4. The number of ether oxygens (including phenoxy) is 1. The van der Waals surface area contributed by atoms with Gasteiger partial charge in [-0.25, -0.2) is 9.98 Å². The lowest BCUT2D eigenvalue weighted by molar-refractivity contribution is -0.0988. The molecular formula is C16H25N5OS. The van der Waals surface area contributed by atoms with Gasteiger partial charge in [0.15, 0.2) is 11.1 Å². The number of aromatic nitrogens is 1. The number of nitrogens with two attached hydrogens (primary N) is 1. The SMILES string of the molecule is CC1(C)C(N=C(N)N2CCN(c3nccs3)CC2)C2CCOC21. The third kappa shape index (κ3) is 2.50. The Kier molecular flexibility index (Phi) is 3.72. The van der Waals surface area contributed by atoms with Gasteiger partial charge in [-0.05, 0) is 6.42 Å². The van der Waals surface area contributed by atoms with E-state index in [9.17, 15) is 0 Å². The lowest BCUT2D eigenvalue weighted by atomic mass is 9.57. The zero-order valence-electron chi connectivity index (χ0n) is 13.8. The van der Waals surface area contributed by atoms with E-state index in [0.717, 1.165) is 44.3 Å². The van der Waals surface area contributed by atoms with E-state index in [0.29, 0.717) is 24.0 Å². The van der Waals surface area contributed by atoms with Crippen LogP contribution < -0.4 is 10.6 Å². The van der Waals surface area contributed by atoms with Crippen molar-refractivity contribution in [2.24, 2.45) is 22.1 Å². The highest BCUT2D eigenvalue weighted by Gasteiger charge is 2.59. The molecule has 1 saturated carbocycles. The van der Waals surface area contributed by atoms with Crippen LogP contribution in [0.1, 0.15) is 20.3 Å². The van der Waals surface area contributed by atoms with Crippen molar-refractivity contribution in [3.8, 4) is 0 Å². The molecule has 3 unspecified atom stereocenters. The molecule has 1 aliphatic carbocycles. The Balaban J connectivity index is 1.39. The highest BCUT2D eigenvalue weighted by molar-refractivity contribution is 7.13. The van der Waals surface area contributed by atoms with Gasteiger partial charge in [-0.2, -0.15) is 0 Å². The van der Waals surface area contributed by atoms with Crippen molar-refractivity contribution >= 4 is 22.4 Å². The number of rotatable bonds is 2. The van der Waals surface area contributed by atoms with Gasteiger partial charge in [0.1, 0.15) is 0 Å². The molecule has 0 amide bonds. The molecule has 1 aromatic rings. The number of hydrogen-bond donors (Lipinski definition) is 1. The normalized spacial score (nSPS) is 33.5. The Morgan fingerprint density at radius 2 is 2.17 bits per heavy atom. The fourth-order valence-electron chi connectivity index (χ4n) is 4.28. The van der Waals surface area contributed by atoms with E-state index >= 15 is 0 Å². The van der Waals surface area contributed by atoms with Crippen molar-refractivity contribution in [1.82, 2.24) is 9.88 Å². The molecule has 0 radical (unpaired) electrons. The average Bonchev–Trinajstić information content (AvgIpc) is 3.23. The Bertz CT molecular complexity index is 579. The fraction of sp³-hybridized carbons (Fsp3) is 0.750. The molecule has 1 aromatic heterocycles. The fourth-order valence-corrected chi connectivity index (χ4v) is 4.98. The monoisotopic (exact) mass is 335 g/mol. The molecule has 3 fully saturated rings. The molecule has 0 aromatic carbocycles. The topological polar surface area (TPSA) is 67.0 Å². The number of thiazole rings is 1. The summed E-state index contributed by atoms with van der Waals surface area (Å²) in [4.78, 5) is 13.8. The van der Waals surface area contributed by atoms with Gasteiger partial charge < -0.3 is 20.3 Å². The minimum atomic E-state index is 0.106. The first-order valence-electron chi connectivity index (χ1n) is 8.41. The number of aliphatic imine (C=N–C) groups is 1. The first-order valence-corrected chi connectivity index (χ1v) is 9.29. The van der Waals surface area contributed by atoms with Gasteiger partial charge >= 0.3 is 0 Å². The Morgan fingerprint density at radius 3 is 2.87 bits per heavy atom. The predicted octanol–water partition coefficient (Wildman–Crippen LogP) is 1.39. The molecule has 126 valence electrons. The molecule has 6 nitrogen and oxygen atoms in total. The van der Waals surface area contributed by atoms with Crippen LogP contribution in [0.5, 0.6) is 0 Å². The average molecular weight is 335 g/mol. The first-order chi connectivity index (χ1) is 11.1. The summed E-state index contributed by atoms with van der Waals surface area (Å²) in [5.74, 6) is 1.26. The summed E-state index contributed by atoms with van der Waals surface area (Å²) in [5.41, 5.74) is 6.44. The molecule has 0 bridgehead atoms. The molecular weight excluding hydrogens is 310 g/mol. The van der Waals surface area contributed by atoms with Crippen LogP contribution in [0.25, 0.3) is 0 Å². The minimum absolute atomic E-state index is 0.106. The molecule has 23 heavy (non-hydrogen) atoms. The largest absolute Gasteiger partial charge is 0.377 e. The summed E-state index contributed by atoms with van der Waals surface area (Å²) in [6.45, 7) is 9.10. The van der Waals surface area contributed by atoms with Crippen LogP contribution in [0.3, 0.4) is 0 Å². The summed E-state index contributed by atoms with van der Waals surface area (Å²) in [6.07, 6.45) is 3.35. The summed E-state index contributed by atoms with van der Waals surface area (Å²) in [7, 11) is 0. The number of fused-ring (bicyclic) bond motifs is 1. The lowest BCUT2D eigenvalue weighted by Gasteiger charge is -2.52. The van der Waals surface area contributed by atoms with Crippen molar-refractivity contribution in [3.05, 3.63) is 11.6 Å². The van der Waals surface area contributed by atoms with Crippen molar-refractivity contribution < 1.29 is 4.74 Å². The standard InChI is InChI=1S/C16H25N5OS/c1-16(2)12(11-3-9-22-13(11)16)19-14(17)20-5-7-21(8-6-20)15-18-4-10-23-15/h4,10-13H,3,5-9H2,1-2H3,(H2,17,19). The van der Waals surface area contributed by atoms with Gasteiger partial charge in [0.05, 0.1) is 12.1 Å². The highest BCUT2D eigenvalue weighted by atomic mass is 32.1. The Hall–Kier alpha value is -1.34. The van der Waals surface area contributed by atoms with Gasteiger partial charge in [-0.15, -0.1) is 11.3 Å². The summed E-state index contributed by atoms with van der Waals surface area (Å²) in [5, 5.41) is 3.13. The van der Waals surface area contributed by atoms with Crippen LogP contribution in [0.15, 0.2) is 16.6 Å². The smallest absolute Gasteiger partial charge is 0.191 e. The van der Waals surface area contributed by atoms with Crippen LogP contribution >= 0.6 is 11.3 Å². The van der Waals surface area contributed by atoms with E-state index in [1.165, 1.54) is 0 Å². The van der Waals surface area contributed by atoms with Crippen molar-refractivity contribution in [3.63, 3.8) is 0 Å². The lowest BCUT2D eigenvalue weighted by Crippen LogP contribution is -2.60. The number of anilines is 1. The van der Waals surface area contributed by atoms with Crippen molar-refractivity contribution in [2.75, 3.05) is 37.7 Å². The maximum atomic E-state index is 6.33. The summed E-state index contributed by atoms with van der Waals surface area (Å²) in [6, 6.07) is 0.298. The summed E-state index contributed by atoms with van der Waals surface area (Å²) >= 11 is 1.69. The van der Waals surface area contributed by atoms with E-state index in [1.807, 2.05) is 11.6 Å². The van der Waals surface area contributed by atoms with E-state index in [1.54, 1.807) is 11.3 Å². The predicted molar refractivity (Wildman–Crippen MR) is 92.9 cm³/mol. The Morgan fingerprint density at radius 1 is 1.39 bits per heavy atom. The van der Waals surface area contributed by atoms with E-state index in [2.05, 4.69) is 28.6 Å². The molecule has 7 heteroatoms. The van der Waals surface area contributed by atoms with E-state index in [-0.39, 0.29) is 5.41 Å². The number of guanidine groups is 1. The van der Waals surface area contributed by atoms with Gasteiger partial charge in [0.2, 0.25) is 0 Å². The molecule has 3 atom stereocenters. The molecule has 2 N–H and O–H groups in total. The third-order valence-electron chi connectivity index (χ3n) is 5.60. The minimum Gasteiger partial charge on any atom is -0.377 e. The zero-order chi connectivity index (χ0) is 16.0. The number of hydrogen-bond acceptors (Lipinski definition) is 5. The maximum Gasteiger partial charge on any atom is 0.191 e. The molecule has 2 saturated heterocycles. The van der Waals surface area contributed by atoms with Crippen LogP contribution in [0, 0.1) is 11.3 Å². The molecule has 0 spiro atoms. The van der Waals surface area contributed by atoms with Crippen LogP contribution in [-0.2, 0) is 4.74 Å². The van der Waals surface area contributed by atoms with Crippen LogP contribution in [0.2, 0.25) is 0 Å². The molecule has 3 heterocycles. The summed E-state index contributed by atoms with van der Waals surface area (Å²) < 4.78 is 5.84. The van der Waals surface area contributed by atoms with Crippen molar-refractivity contribution in [2.45, 2.75) is 32.4 Å². The second-order valence-corrected chi connectivity index (χ2v) is 8.16. The molecule has 4 rings (SSSR count). The number of piperazine rings is 1. The quantitative estimate of drug-likeness (QED) is 0.653. The Labute approximate surface area is 141 Å². The highest BCUT2D eigenvalue weighted by Crippen LogP contribution is 2.53. The van der Waals surface area contributed by atoms with Crippen LogP contribution in [0.4, 0.5) is 5.13 Å². The van der Waals surface area contributed by atoms with Gasteiger partial charge in [0, 0.05) is 55.7 Å². The molecule has 2 aliphatic heterocycles. The van der Waals surface area contributed by atoms with Gasteiger partial charge in [-0.1, -0.05) is 13.8 Å². The zero-order valence-corrected chi connectivity index (χ0v) is 14.6. The first kappa shape index (κ1) is 15.2. The van der Waals surface area contributed by atoms with E-state index in [4.69, 9.17) is 15.5 Å². The molecule has 3 aliphatic rings. The second-order valence-electron chi connectivity index (χ2n) is 7.29. The van der Waals surface area contributed by atoms with Crippen molar-refractivity contribution in [1.29, 1.82) is 0 Å². The maximum absolute atomic E-state index is 6.33. The van der Waals surface area contributed by atoms with E-state index < -0.39 is 0 Å².